The molecule has 134 heavy (non-hydrogen) atoms. The van der Waals surface area contributed by atoms with Crippen LogP contribution in [0, 0.1) is 49.4 Å². The molecule has 0 saturated carbocycles. The summed E-state index contributed by atoms with van der Waals surface area (Å²) in [7, 11) is 2.13. The highest BCUT2D eigenvalue weighted by Crippen LogP contribution is 2.45. The Bertz CT molecular complexity index is 6460. The molecule has 4 saturated heterocycles. The predicted octanol–water partition coefficient (Wildman–Crippen LogP) is 16.6. The van der Waals surface area contributed by atoms with Gasteiger partial charge in [-0.1, -0.05) is 109 Å². The summed E-state index contributed by atoms with van der Waals surface area (Å²) in [6.07, 6.45) is 17.1. The summed E-state index contributed by atoms with van der Waals surface area (Å²) >= 11 is 0. The second kappa shape index (κ2) is 37.5. The van der Waals surface area contributed by atoms with E-state index in [1.165, 1.54) is 6.42 Å². The zero-order chi connectivity index (χ0) is 95.1. The van der Waals surface area contributed by atoms with E-state index in [9.17, 15) is 43.5 Å². The number of aliphatic hydroxyl groups excluding tert-OH is 1. The average Bonchev–Trinajstić information content (AvgIpc) is 1.52. The third kappa shape index (κ3) is 19.0. The van der Waals surface area contributed by atoms with Gasteiger partial charge < -0.3 is 54.9 Å². The number of H-pyrrole nitrogens is 4. The van der Waals surface area contributed by atoms with Crippen LogP contribution in [0.5, 0.6) is 0 Å². The van der Waals surface area contributed by atoms with Crippen LogP contribution in [0.15, 0.2) is 92.0 Å². The van der Waals surface area contributed by atoms with Crippen molar-refractivity contribution in [3.8, 4) is 22.7 Å². The maximum absolute atomic E-state index is 13.3. The summed E-state index contributed by atoms with van der Waals surface area (Å²) in [6.45, 7) is 43.7. The van der Waals surface area contributed by atoms with Gasteiger partial charge in [-0.25, -0.2) is 18.7 Å². The number of piperidine rings is 2. The van der Waals surface area contributed by atoms with E-state index in [-0.39, 0.29) is 73.1 Å². The minimum Gasteiger partial charge on any atom is -0.393 e. The van der Waals surface area contributed by atoms with Gasteiger partial charge in [0.15, 0.2) is 23.1 Å². The Hall–Kier alpha value is -11.7. The Morgan fingerprint density at radius 3 is 0.851 bits per heavy atom. The molecule has 4 fully saturated rings. The normalized spacial score (nSPS) is 18.3. The summed E-state index contributed by atoms with van der Waals surface area (Å²) in [5, 5.41) is 39.4. The van der Waals surface area contributed by atoms with E-state index in [0.29, 0.717) is 57.0 Å². The lowest BCUT2D eigenvalue weighted by molar-refractivity contribution is 0.0900. The number of aromatic amines is 4. The number of pyridine rings is 4. The van der Waals surface area contributed by atoms with Gasteiger partial charge in [-0.15, -0.1) is 0 Å². The third-order valence-electron chi connectivity index (χ3n) is 28.6. The SMILES string of the molecule is CCCc1cc2cc(-n3nc(C)c4c3CC(C)(C)CC4=O)cc(N3CCC(O)CC3)c2c(=O)[nH]1.CCCc1cc2cc(-n3nc(C)c4c3CC(C)(C)CC4=O)cc(N3CCCCC3)c2c(=O)[nH]1.CCCc1cc2cc(-n3nc(C)c4c3CC(C)(C)CC4=O)cc(N3CCN(C)CC3)c2c(=O)[nH]1.CCCc1cc2cc(-n3nc(C)c4c3CC(C)(C)CC4=O)cc(N3CCNCC3)c2c(=O)[nH]1. The number of nitrogens with zero attached hydrogens (tertiary/aromatic N) is 13. The molecule has 0 bridgehead atoms. The number of rotatable bonds is 16. The highest BCUT2D eigenvalue weighted by Gasteiger charge is 2.42. The molecule has 12 heterocycles. The van der Waals surface area contributed by atoms with Crippen LogP contribution in [-0.4, -0.2) is 184 Å². The van der Waals surface area contributed by atoms with Gasteiger partial charge in [0.05, 0.1) is 141 Å². The molecule has 0 amide bonds. The van der Waals surface area contributed by atoms with Crippen LogP contribution in [0.25, 0.3) is 65.8 Å². The first-order valence-corrected chi connectivity index (χ1v) is 49.2. The van der Waals surface area contributed by atoms with Crippen molar-refractivity contribution in [2.75, 3.05) is 105 Å². The first-order valence-electron chi connectivity index (χ1n) is 49.2. The number of benzene rings is 4. The molecular formula is C107H136N18O9. The predicted molar refractivity (Wildman–Crippen MR) is 536 cm³/mol. The van der Waals surface area contributed by atoms with Gasteiger partial charge in [-0.3, -0.25) is 38.4 Å². The van der Waals surface area contributed by atoms with Crippen LogP contribution in [-0.2, 0) is 51.4 Å². The molecule has 4 aliphatic carbocycles. The summed E-state index contributed by atoms with van der Waals surface area (Å²) in [6, 6.07) is 25.0. The largest absolute Gasteiger partial charge is 0.393 e. The molecule has 8 aliphatic rings. The highest BCUT2D eigenvalue weighted by molar-refractivity contribution is 6.04. The number of aromatic nitrogens is 12. The zero-order valence-electron chi connectivity index (χ0n) is 81.9. The molecule has 8 aromatic heterocycles. The molecule has 708 valence electrons. The Kier molecular flexibility index (Phi) is 26.4. The third-order valence-corrected chi connectivity index (χ3v) is 28.6. The first kappa shape index (κ1) is 94.1. The molecular weight excluding hydrogens is 1680 g/mol. The fraction of sp³-hybridized carbons (Fsp3) is 0.514. The number of nitrogens with one attached hydrogen (secondary N) is 5. The number of carbonyl (C=O) groups is 4. The fourth-order valence-electron chi connectivity index (χ4n) is 22.4. The molecule has 0 unspecified atom stereocenters. The monoisotopic (exact) mass is 1820 g/mol. The van der Waals surface area contributed by atoms with Crippen molar-refractivity contribution >= 4 is 89.0 Å². The Morgan fingerprint density at radius 2 is 0.582 bits per heavy atom. The lowest BCUT2D eigenvalue weighted by Crippen LogP contribution is -2.44. The van der Waals surface area contributed by atoms with Crippen LogP contribution in [0.2, 0.25) is 0 Å². The summed E-state index contributed by atoms with van der Waals surface area (Å²) in [5.74, 6) is 0.693. The molecule has 6 N–H and O–H groups in total. The number of piperazine rings is 2. The van der Waals surface area contributed by atoms with Gasteiger partial charge in [0.25, 0.3) is 22.2 Å². The van der Waals surface area contributed by atoms with E-state index in [4.69, 9.17) is 20.4 Å². The molecule has 20 rings (SSSR count). The lowest BCUT2D eigenvalue weighted by Gasteiger charge is -2.35. The Labute approximate surface area is 784 Å². The number of aliphatic hydroxyl groups is 1. The summed E-state index contributed by atoms with van der Waals surface area (Å²) in [5.41, 5.74) is 20.7. The highest BCUT2D eigenvalue weighted by atomic mass is 16.3. The number of fused-ring (bicyclic) bond motifs is 8. The first-order chi connectivity index (χ1) is 63.9. The van der Waals surface area contributed by atoms with Gasteiger partial charge in [-0.05, 0) is 234 Å². The molecule has 4 aliphatic heterocycles. The van der Waals surface area contributed by atoms with Gasteiger partial charge in [0, 0.05) is 127 Å². The van der Waals surface area contributed by atoms with Crippen molar-refractivity contribution in [2.24, 2.45) is 21.7 Å². The molecule has 27 heteroatoms. The van der Waals surface area contributed by atoms with E-state index in [0.717, 1.165) is 329 Å². The topological polar surface area (TPSA) is 319 Å². The zero-order valence-corrected chi connectivity index (χ0v) is 81.9. The number of carbonyl (C=O) groups excluding carboxylic acids is 4. The minimum atomic E-state index is -0.297. The molecule has 27 nitrogen and oxygen atoms in total. The second-order valence-corrected chi connectivity index (χ2v) is 42.5. The van der Waals surface area contributed by atoms with E-state index in [1.807, 2.05) is 58.6 Å². The number of anilines is 4. The molecule has 0 spiro atoms. The van der Waals surface area contributed by atoms with Crippen LogP contribution in [0.1, 0.15) is 276 Å². The van der Waals surface area contributed by atoms with Gasteiger partial charge >= 0.3 is 0 Å². The number of ketones is 4. The van der Waals surface area contributed by atoms with E-state index < -0.39 is 0 Å². The minimum absolute atomic E-state index is 0.0157. The van der Waals surface area contributed by atoms with Crippen molar-refractivity contribution in [3.05, 3.63) is 205 Å². The van der Waals surface area contributed by atoms with Crippen molar-refractivity contribution in [1.29, 1.82) is 0 Å². The number of aryl methyl sites for hydroxylation is 8. The van der Waals surface area contributed by atoms with Crippen LogP contribution in [0.3, 0.4) is 0 Å². The van der Waals surface area contributed by atoms with E-state index in [1.54, 1.807) is 0 Å². The van der Waals surface area contributed by atoms with Gasteiger partial charge in [0.2, 0.25) is 0 Å². The van der Waals surface area contributed by atoms with Gasteiger partial charge in [0.1, 0.15) is 0 Å². The number of Topliss-reactive ketones (excluding diaryl/α,β-unsaturated/α-hetero) is 4. The van der Waals surface area contributed by atoms with Crippen LogP contribution in [0.4, 0.5) is 22.7 Å². The maximum atomic E-state index is 13.3. The maximum Gasteiger partial charge on any atom is 0.258 e. The average molecular weight is 1820 g/mol. The second-order valence-electron chi connectivity index (χ2n) is 42.5. The molecule has 0 atom stereocenters. The standard InChI is InChI=1S/C27H35N5O2.C27H34N4O3.C27H34N4O2.C26H33N5O2/c1-6-7-19-12-18-13-20(32-22-15-27(3,4)16-23(33)24(22)17(2)29-32)14-21(25(18)26(34)28-19)31-10-8-30(5)9-11-31;1-5-6-18-11-17-12-19(31-22-14-27(3,4)15-23(33)24(22)16(2)29-31)13-21(25(17)26(34)28-18)30-9-7-20(32)8-10-30;1-5-9-19-12-18-13-20(14-21(25(18)26(33)28-19)30-10-7-6-8-11-30)31-22-15-27(3,4)16-23(32)24(22)17(2)29-31;1-5-6-18-11-17-12-19(13-20(24(17)25(33)28-18)30-9-7-27-8-10-30)31-21-14-26(3,4)15-22(32)23(21)16(2)29-31/h12-14H,6-11,15-16H2,1-5H3,(H,28,34);11-13,20,32H,5-10,14-15H2,1-4H3,(H,28,34);12-14H,5-11,15-16H2,1-4H3,(H,28,33);11-13,27H,5-10,14-15H2,1-4H3,(H,28,33). The summed E-state index contributed by atoms with van der Waals surface area (Å²) < 4.78 is 7.81. The molecule has 4 aromatic carbocycles. The lowest BCUT2D eigenvalue weighted by atomic mass is 9.75. The Morgan fingerprint density at radius 1 is 0.328 bits per heavy atom. The fourth-order valence-corrected chi connectivity index (χ4v) is 22.4. The number of hydrogen-bond acceptors (Lipinski definition) is 19. The van der Waals surface area contributed by atoms with Crippen molar-refractivity contribution < 1.29 is 24.3 Å². The summed E-state index contributed by atoms with van der Waals surface area (Å²) in [4.78, 5) is 129. The Balaban J connectivity index is 0.000000124. The van der Waals surface area contributed by atoms with E-state index >= 15 is 0 Å². The molecule has 0 radical (unpaired) electrons. The van der Waals surface area contributed by atoms with Crippen molar-refractivity contribution in [1.82, 2.24) is 69.3 Å². The van der Waals surface area contributed by atoms with Crippen LogP contribution >= 0.6 is 0 Å². The van der Waals surface area contributed by atoms with Crippen molar-refractivity contribution in [2.45, 2.75) is 252 Å². The number of hydrogen-bond donors (Lipinski definition) is 6. The van der Waals surface area contributed by atoms with Crippen molar-refractivity contribution in [3.63, 3.8) is 0 Å². The van der Waals surface area contributed by atoms with E-state index in [2.05, 4.69) is 201 Å². The quantitative estimate of drug-likeness (QED) is 0.0523. The van der Waals surface area contributed by atoms with Gasteiger partial charge in [-0.2, -0.15) is 20.4 Å². The molecule has 12 aromatic rings. The number of likely N-dealkylation sites (N-methyl/N-ethyl adjacent to an activating group) is 1. The smallest absolute Gasteiger partial charge is 0.258 e. The van der Waals surface area contributed by atoms with Crippen LogP contribution < -0.4 is 47.2 Å².